The van der Waals surface area contributed by atoms with E-state index in [0.29, 0.717) is 42.6 Å². The van der Waals surface area contributed by atoms with E-state index < -0.39 is 5.91 Å². The molecule has 4 aliphatic heterocycles. The maximum Gasteiger partial charge on any atom is 0.261 e. The molecular weight excluding hydrogens is 851 g/mol. The van der Waals surface area contributed by atoms with Gasteiger partial charge < -0.3 is 34.8 Å². The second-order valence-electron chi connectivity index (χ2n) is 19.1. The van der Waals surface area contributed by atoms with Crippen molar-refractivity contribution >= 4 is 41.3 Å². The van der Waals surface area contributed by atoms with Crippen LogP contribution in [0.3, 0.4) is 0 Å². The number of carbonyl (C=O) groups is 3. The summed E-state index contributed by atoms with van der Waals surface area (Å²) in [6.45, 7) is 19.5. The topological polar surface area (TPSA) is 150 Å². The predicted molar refractivity (Wildman–Crippen MR) is 261 cm³/mol. The van der Waals surface area contributed by atoms with E-state index in [1.807, 2.05) is 36.6 Å². The quantitative estimate of drug-likeness (QED) is 0.0529. The number of hydrogen-bond acceptors (Lipinski definition) is 13. The van der Waals surface area contributed by atoms with E-state index >= 15 is 0 Å². The van der Waals surface area contributed by atoms with Crippen molar-refractivity contribution in [1.29, 1.82) is 0 Å². The van der Waals surface area contributed by atoms with Crippen molar-refractivity contribution in [2.75, 3.05) is 94.5 Å². The van der Waals surface area contributed by atoms with Crippen molar-refractivity contribution in [2.24, 2.45) is 17.6 Å². The summed E-state index contributed by atoms with van der Waals surface area (Å²) in [6, 6.07) is 24.0. The van der Waals surface area contributed by atoms with Crippen LogP contribution < -0.4 is 24.8 Å². The van der Waals surface area contributed by atoms with Crippen LogP contribution in [0.5, 0.6) is 11.5 Å². The van der Waals surface area contributed by atoms with Crippen LogP contribution in [-0.4, -0.2) is 138 Å². The van der Waals surface area contributed by atoms with Crippen LogP contribution in [0, 0.1) is 11.8 Å². The molecule has 8 rings (SSSR count). The number of fused-ring (bicyclic) bond motifs is 1. The van der Waals surface area contributed by atoms with Gasteiger partial charge in [0, 0.05) is 101 Å². The Labute approximate surface area is 394 Å². The minimum atomic E-state index is -0.431. The van der Waals surface area contributed by atoms with Gasteiger partial charge in [-0.15, -0.1) is 0 Å². The number of likely N-dealkylation sites (tertiary alicyclic amines) is 1. The molecule has 3 amide bonds. The first kappa shape index (κ1) is 47.3. The van der Waals surface area contributed by atoms with Crippen molar-refractivity contribution in [3.63, 3.8) is 0 Å². The smallest absolute Gasteiger partial charge is 0.261 e. The van der Waals surface area contributed by atoms with Crippen molar-refractivity contribution in [1.82, 2.24) is 29.6 Å². The molecule has 0 radical (unpaired) electrons. The zero-order valence-corrected chi connectivity index (χ0v) is 39.9. The van der Waals surface area contributed by atoms with Crippen LogP contribution >= 0.6 is 11.9 Å². The molecular formula is C51H67N9O5S. The number of hydrogen-bond donors (Lipinski definition) is 2. The van der Waals surface area contributed by atoms with Crippen molar-refractivity contribution in [3.8, 4) is 11.5 Å². The molecule has 3 fully saturated rings. The normalized spacial score (nSPS) is 18.3. The Kier molecular flexibility index (Phi) is 15.5. The second-order valence-corrected chi connectivity index (χ2v) is 19.7. The van der Waals surface area contributed by atoms with Gasteiger partial charge in [-0.3, -0.25) is 24.0 Å². The molecule has 1 aromatic heterocycles. The number of piperazine rings is 1. The van der Waals surface area contributed by atoms with E-state index in [-0.39, 0.29) is 29.7 Å². The SMILES string of the molecule is CSNc1nccc(COc2ccc(C(C)(C)c3ccc(OCCCN4CCN(CC5CCN(CC6CN(c7ccc8c(c7)C(=O)N(C(C)CCC(N)=O)C8=O)C6)CC5)CC4)cc3)cc2)n1. The van der Waals surface area contributed by atoms with Crippen LogP contribution in [-0.2, 0) is 16.8 Å². The Morgan fingerprint density at radius 3 is 2.11 bits per heavy atom. The molecule has 0 bridgehead atoms. The van der Waals surface area contributed by atoms with E-state index in [4.69, 9.17) is 15.2 Å². The Morgan fingerprint density at radius 1 is 0.818 bits per heavy atom. The zero-order valence-electron chi connectivity index (χ0n) is 39.1. The lowest BCUT2D eigenvalue weighted by atomic mass is 9.78. The largest absolute Gasteiger partial charge is 0.494 e. The molecule has 15 heteroatoms. The number of nitrogens with one attached hydrogen (secondary N) is 1. The van der Waals surface area contributed by atoms with E-state index in [2.05, 4.69) is 84.5 Å². The predicted octanol–water partition coefficient (Wildman–Crippen LogP) is 6.56. The summed E-state index contributed by atoms with van der Waals surface area (Å²) in [4.78, 5) is 57.7. The van der Waals surface area contributed by atoms with Crippen LogP contribution in [0.15, 0.2) is 79.0 Å². The van der Waals surface area contributed by atoms with Gasteiger partial charge >= 0.3 is 0 Å². The fraction of sp³-hybridized carbons (Fsp3) is 0.510. The molecule has 14 nitrogen and oxygen atoms in total. The van der Waals surface area contributed by atoms with Crippen LogP contribution in [0.4, 0.5) is 11.6 Å². The summed E-state index contributed by atoms with van der Waals surface area (Å²) >= 11 is 1.46. The highest BCUT2D eigenvalue weighted by atomic mass is 32.2. The maximum atomic E-state index is 13.2. The minimum absolute atomic E-state index is 0.142. The molecule has 352 valence electrons. The number of nitrogens with zero attached hydrogens (tertiary/aromatic N) is 7. The number of anilines is 2. The summed E-state index contributed by atoms with van der Waals surface area (Å²) < 4.78 is 15.3. The van der Waals surface area contributed by atoms with Gasteiger partial charge in [-0.2, -0.15) is 0 Å². The summed E-state index contributed by atoms with van der Waals surface area (Å²) in [7, 11) is 0. The Balaban J connectivity index is 0.678. The van der Waals surface area contributed by atoms with Crippen molar-refractivity contribution in [3.05, 3.63) is 107 Å². The molecule has 3 aromatic carbocycles. The third-order valence-corrected chi connectivity index (χ3v) is 14.4. The maximum absolute atomic E-state index is 13.2. The van der Waals surface area contributed by atoms with Gasteiger partial charge in [0.25, 0.3) is 11.8 Å². The van der Waals surface area contributed by atoms with Gasteiger partial charge in [0.05, 0.1) is 23.4 Å². The lowest BCUT2D eigenvalue weighted by Crippen LogP contribution is -2.53. The molecule has 66 heavy (non-hydrogen) atoms. The summed E-state index contributed by atoms with van der Waals surface area (Å²) in [5.74, 6) is 2.66. The molecule has 3 saturated heterocycles. The molecule has 5 heterocycles. The number of ether oxygens (including phenoxy) is 2. The monoisotopic (exact) mass is 917 g/mol. The van der Waals surface area contributed by atoms with Crippen molar-refractivity contribution in [2.45, 2.75) is 70.9 Å². The first-order chi connectivity index (χ1) is 31.9. The number of rotatable bonds is 21. The van der Waals surface area contributed by atoms with Crippen LogP contribution in [0.2, 0.25) is 0 Å². The van der Waals surface area contributed by atoms with Gasteiger partial charge in [0.2, 0.25) is 11.9 Å². The van der Waals surface area contributed by atoms with Crippen LogP contribution in [0.25, 0.3) is 0 Å². The molecule has 0 aliphatic carbocycles. The Morgan fingerprint density at radius 2 is 1.44 bits per heavy atom. The lowest BCUT2D eigenvalue weighted by Gasteiger charge is -2.45. The van der Waals surface area contributed by atoms with E-state index in [1.54, 1.807) is 19.2 Å². The number of benzene rings is 3. The highest BCUT2D eigenvalue weighted by Crippen LogP contribution is 2.35. The number of imide groups is 1. The van der Waals surface area contributed by atoms with Gasteiger partial charge in [-0.05, 0) is 111 Å². The third-order valence-electron chi connectivity index (χ3n) is 14.0. The standard InChI is InChI=1S/C51H67N9O5S/c1-36(6-17-47(52)61)60-48(62)45-16-11-42(30-46(45)49(60)63)59-33-38(34-59)32-57-23-19-37(20-24-57)31-58-27-25-56(26-28-58)22-5-29-64-43-12-7-39(8-13-43)51(2,3)40-9-14-44(15-10-40)65-35-41-18-21-53-50(54-41)55-66-4/h7-16,18,21,30,36-38H,5-6,17,19-20,22-29,31-35H2,1-4H3,(H2,52,61)(H,53,54,55). The number of nitrogens with two attached hydrogens (primary N) is 1. The number of amides is 3. The molecule has 1 atom stereocenters. The van der Waals surface area contributed by atoms with Gasteiger partial charge in [-0.25, -0.2) is 9.97 Å². The van der Waals surface area contributed by atoms with Gasteiger partial charge in [-0.1, -0.05) is 50.1 Å². The first-order valence-corrected chi connectivity index (χ1v) is 25.0. The average molecular weight is 918 g/mol. The minimum Gasteiger partial charge on any atom is -0.494 e. The van der Waals surface area contributed by atoms with Gasteiger partial charge in [0.1, 0.15) is 18.1 Å². The fourth-order valence-corrected chi connectivity index (χ4v) is 10.1. The third kappa shape index (κ3) is 11.7. The van der Waals surface area contributed by atoms with Crippen molar-refractivity contribution < 1.29 is 23.9 Å². The number of carbonyl (C=O) groups excluding carboxylic acids is 3. The second kappa shape index (κ2) is 21.6. The highest BCUT2D eigenvalue weighted by Gasteiger charge is 2.40. The average Bonchev–Trinajstić information content (AvgIpc) is 3.56. The number of piperidine rings is 1. The molecule has 1 unspecified atom stereocenters. The molecule has 4 aromatic rings. The fourth-order valence-electron chi connectivity index (χ4n) is 9.85. The lowest BCUT2D eigenvalue weighted by molar-refractivity contribution is -0.118. The number of aromatic nitrogens is 2. The van der Waals surface area contributed by atoms with E-state index in [0.717, 1.165) is 101 Å². The van der Waals surface area contributed by atoms with E-state index in [1.165, 1.54) is 47.4 Å². The molecule has 3 N–H and O–H groups in total. The highest BCUT2D eigenvalue weighted by molar-refractivity contribution is 7.99. The summed E-state index contributed by atoms with van der Waals surface area (Å²) in [6.07, 6.45) is 7.71. The summed E-state index contributed by atoms with van der Waals surface area (Å²) in [5.41, 5.74) is 10.3. The Bertz CT molecular complexity index is 2270. The Hall–Kier alpha value is -5.22. The van der Waals surface area contributed by atoms with E-state index in [9.17, 15) is 14.4 Å². The molecule has 4 aliphatic rings. The first-order valence-electron chi connectivity index (χ1n) is 23.7. The zero-order chi connectivity index (χ0) is 46.2. The van der Waals surface area contributed by atoms with Crippen LogP contribution in [0.1, 0.15) is 90.4 Å². The van der Waals surface area contributed by atoms with Gasteiger partial charge in [0.15, 0.2) is 0 Å². The summed E-state index contributed by atoms with van der Waals surface area (Å²) in [5, 5.41) is 0. The molecule has 0 spiro atoms. The number of primary amides is 1. The molecule has 0 saturated carbocycles.